The van der Waals surface area contributed by atoms with Crippen LogP contribution in [0.4, 0.5) is 14.5 Å². The van der Waals surface area contributed by atoms with Crippen molar-refractivity contribution in [2.45, 2.75) is 50.1 Å². The standard InChI is InChI=1S/C28H32F2N6O3/c29-18-2-4-22-21(16-18)27(37)34-26(33-22)17-1-3-20(15-17)35-9-11-36(12-10-35)24-6-5-23(32-25(24)30)28(38)31-19-7-13-39-14-8-19/h2,4-6,16-17,19-20H,1,3,7-15H2,(H,31,38)(H,33,34,37)/t17-,20+/m1/s1. The summed E-state index contributed by atoms with van der Waals surface area (Å²) >= 11 is 0. The molecule has 39 heavy (non-hydrogen) atoms. The van der Waals surface area contributed by atoms with Crippen LogP contribution in [0.15, 0.2) is 35.1 Å². The Hall–Kier alpha value is -3.44. The lowest BCUT2D eigenvalue weighted by molar-refractivity contribution is 0.0693. The number of halogens is 2. The predicted octanol–water partition coefficient (Wildman–Crippen LogP) is 2.96. The Morgan fingerprint density at radius 1 is 1.00 bits per heavy atom. The first-order chi connectivity index (χ1) is 18.9. The van der Waals surface area contributed by atoms with Gasteiger partial charge in [-0.2, -0.15) is 4.39 Å². The number of piperazine rings is 1. The van der Waals surface area contributed by atoms with Gasteiger partial charge in [-0.05, 0) is 62.4 Å². The molecule has 1 aromatic carbocycles. The average molecular weight is 539 g/mol. The number of hydrogen-bond acceptors (Lipinski definition) is 7. The summed E-state index contributed by atoms with van der Waals surface area (Å²) in [5.74, 6) is -0.645. The molecule has 206 valence electrons. The van der Waals surface area contributed by atoms with Gasteiger partial charge in [0, 0.05) is 57.4 Å². The van der Waals surface area contributed by atoms with Crippen LogP contribution >= 0.6 is 0 Å². The summed E-state index contributed by atoms with van der Waals surface area (Å²) < 4.78 is 33.8. The number of pyridine rings is 1. The van der Waals surface area contributed by atoms with Gasteiger partial charge in [0.05, 0.1) is 16.6 Å². The third kappa shape index (κ3) is 5.51. The molecule has 3 fully saturated rings. The van der Waals surface area contributed by atoms with Gasteiger partial charge in [-0.3, -0.25) is 14.5 Å². The predicted molar refractivity (Wildman–Crippen MR) is 142 cm³/mol. The molecule has 1 saturated carbocycles. The molecule has 2 aliphatic heterocycles. The molecular formula is C28H32F2N6O3. The lowest BCUT2D eigenvalue weighted by Crippen LogP contribution is -2.50. The maximum atomic E-state index is 15.0. The number of amides is 1. The molecule has 2 saturated heterocycles. The van der Waals surface area contributed by atoms with Crippen molar-refractivity contribution in [3.05, 3.63) is 64.0 Å². The Morgan fingerprint density at radius 3 is 2.56 bits per heavy atom. The van der Waals surface area contributed by atoms with Crippen LogP contribution in [-0.2, 0) is 4.74 Å². The number of aromatic amines is 1. The van der Waals surface area contributed by atoms with Crippen molar-refractivity contribution in [2.24, 2.45) is 0 Å². The van der Waals surface area contributed by atoms with Gasteiger partial charge >= 0.3 is 0 Å². The van der Waals surface area contributed by atoms with Crippen LogP contribution in [0.3, 0.4) is 0 Å². The van der Waals surface area contributed by atoms with Gasteiger partial charge in [0.15, 0.2) is 0 Å². The van der Waals surface area contributed by atoms with Crippen LogP contribution in [0.5, 0.6) is 0 Å². The summed E-state index contributed by atoms with van der Waals surface area (Å²) in [7, 11) is 0. The van der Waals surface area contributed by atoms with Crippen molar-refractivity contribution < 1.29 is 18.3 Å². The minimum absolute atomic E-state index is 0.0286. The molecular weight excluding hydrogens is 506 g/mol. The maximum Gasteiger partial charge on any atom is 0.270 e. The summed E-state index contributed by atoms with van der Waals surface area (Å²) in [6.45, 7) is 4.10. The Labute approximate surface area is 224 Å². The van der Waals surface area contributed by atoms with E-state index >= 15 is 0 Å². The van der Waals surface area contributed by atoms with Gasteiger partial charge in [0.2, 0.25) is 5.95 Å². The van der Waals surface area contributed by atoms with Gasteiger partial charge in [-0.25, -0.2) is 14.4 Å². The van der Waals surface area contributed by atoms with Crippen molar-refractivity contribution in [1.29, 1.82) is 0 Å². The molecule has 0 unspecified atom stereocenters. The highest BCUT2D eigenvalue weighted by Crippen LogP contribution is 2.36. The Balaban J connectivity index is 1.05. The number of hydrogen-bond donors (Lipinski definition) is 2. The normalized spacial score (nSPS) is 22.9. The average Bonchev–Trinajstić information content (AvgIpc) is 3.44. The number of H-pyrrole nitrogens is 1. The van der Waals surface area contributed by atoms with E-state index in [1.807, 2.05) is 4.90 Å². The van der Waals surface area contributed by atoms with Crippen molar-refractivity contribution in [1.82, 2.24) is 25.2 Å². The van der Waals surface area contributed by atoms with Gasteiger partial charge in [-0.15, -0.1) is 0 Å². The minimum atomic E-state index is -0.629. The van der Waals surface area contributed by atoms with Gasteiger partial charge in [-0.1, -0.05) is 0 Å². The number of aromatic nitrogens is 3. The van der Waals surface area contributed by atoms with Crippen molar-refractivity contribution in [3.63, 3.8) is 0 Å². The first-order valence-electron chi connectivity index (χ1n) is 13.7. The minimum Gasteiger partial charge on any atom is -0.381 e. The Bertz CT molecular complexity index is 1420. The summed E-state index contributed by atoms with van der Waals surface area (Å²) in [6.07, 6.45) is 4.27. The largest absolute Gasteiger partial charge is 0.381 e. The molecule has 1 aliphatic carbocycles. The van der Waals surface area contributed by atoms with E-state index in [0.29, 0.717) is 49.4 Å². The maximum absolute atomic E-state index is 15.0. The lowest BCUT2D eigenvalue weighted by Gasteiger charge is -2.39. The van der Waals surface area contributed by atoms with Gasteiger partial charge in [0.1, 0.15) is 17.3 Å². The molecule has 2 atom stereocenters. The number of benzene rings is 1. The summed E-state index contributed by atoms with van der Waals surface area (Å²) in [5, 5.41) is 3.18. The fraction of sp³-hybridized carbons (Fsp3) is 0.500. The molecule has 2 N–H and O–H groups in total. The zero-order valence-electron chi connectivity index (χ0n) is 21.7. The Morgan fingerprint density at radius 2 is 1.79 bits per heavy atom. The highest BCUT2D eigenvalue weighted by molar-refractivity contribution is 5.92. The summed E-state index contributed by atoms with van der Waals surface area (Å²) in [4.78, 5) is 40.9. The first-order valence-corrected chi connectivity index (χ1v) is 13.7. The van der Waals surface area contributed by atoms with Crippen LogP contribution in [0, 0.1) is 11.8 Å². The zero-order valence-corrected chi connectivity index (χ0v) is 21.7. The number of fused-ring (bicyclic) bond motifs is 1. The molecule has 0 bridgehead atoms. The fourth-order valence-corrected chi connectivity index (χ4v) is 6.08. The van der Waals surface area contributed by atoms with Crippen LogP contribution in [-0.4, -0.2) is 77.2 Å². The molecule has 0 radical (unpaired) electrons. The molecule has 2 aromatic heterocycles. The number of rotatable bonds is 5. The van der Waals surface area contributed by atoms with Crippen LogP contribution in [0.2, 0.25) is 0 Å². The van der Waals surface area contributed by atoms with Crippen LogP contribution < -0.4 is 15.8 Å². The first kappa shape index (κ1) is 25.8. The third-order valence-electron chi connectivity index (χ3n) is 8.27. The lowest BCUT2D eigenvalue weighted by atomic mass is 10.1. The number of nitrogens with one attached hydrogen (secondary N) is 2. The van der Waals surface area contributed by atoms with E-state index in [9.17, 15) is 18.4 Å². The smallest absolute Gasteiger partial charge is 0.270 e. The number of anilines is 1. The van der Waals surface area contributed by atoms with E-state index in [-0.39, 0.29) is 34.5 Å². The van der Waals surface area contributed by atoms with E-state index in [4.69, 9.17) is 4.74 Å². The molecule has 1 amide bonds. The molecule has 6 rings (SSSR count). The van der Waals surface area contributed by atoms with Crippen molar-refractivity contribution in [2.75, 3.05) is 44.3 Å². The number of ether oxygens (including phenoxy) is 1. The third-order valence-corrected chi connectivity index (χ3v) is 8.27. The molecule has 11 heteroatoms. The number of carbonyl (C=O) groups is 1. The topological polar surface area (TPSA) is 103 Å². The number of carbonyl (C=O) groups excluding carboxylic acids is 1. The zero-order chi connectivity index (χ0) is 26.9. The SMILES string of the molecule is O=C(NC1CCOCC1)c1ccc(N2CCN([C@H]3CC[C@@H](c4nc5ccc(F)cc5c(=O)[nH]4)C3)CC2)c(F)n1. The molecule has 0 spiro atoms. The van der Waals surface area contributed by atoms with E-state index in [1.54, 1.807) is 18.2 Å². The highest BCUT2D eigenvalue weighted by Gasteiger charge is 2.33. The second kappa shape index (κ2) is 11.0. The molecule has 4 heterocycles. The second-order valence-corrected chi connectivity index (χ2v) is 10.7. The second-order valence-electron chi connectivity index (χ2n) is 10.7. The van der Waals surface area contributed by atoms with E-state index in [0.717, 1.165) is 45.2 Å². The van der Waals surface area contributed by atoms with Crippen molar-refractivity contribution in [3.8, 4) is 0 Å². The van der Waals surface area contributed by atoms with E-state index in [1.165, 1.54) is 12.1 Å². The molecule has 3 aliphatic rings. The summed E-state index contributed by atoms with van der Waals surface area (Å²) in [5.41, 5.74) is 0.698. The monoisotopic (exact) mass is 538 g/mol. The Kier molecular flexibility index (Phi) is 7.26. The fourth-order valence-electron chi connectivity index (χ4n) is 6.08. The van der Waals surface area contributed by atoms with Crippen molar-refractivity contribution >= 4 is 22.5 Å². The van der Waals surface area contributed by atoms with Crippen LogP contribution in [0.1, 0.15) is 54.3 Å². The summed E-state index contributed by atoms with van der Waals surface area (Å²) in [6, 6.07) is 7.71. The van der Waals surface area contributed by atoms with E-state index in [2.05, 4.69) is 25.2 Å². The van der Waals surface area contributed by atoms with E-state index < -0.39 is 11.8 Å². The molecule has 9 nitrogen and oxygen atoms in total. The van der Waals surface area contributed by atoms with Crippen LogP contribution in [0.25, 0.3) is 10.9 Å². The molecule has 3 aromatic rings. The highest BCUT2D eigenvalue weighted by atomic mass is 19.1. The van der Waals surface area contributed by atoms with Gasteiger partial charge < -0.3 is 19.9 Å². The number of nitrogens with zero attached hydrogens (tertiary/aromatic N) is 4. The quantitative estimate of drug-likeness (QED) is 0.482. The van der Waals surface area contributed by atoms with Gasteiger partial charge in [0.25, 0.3) is 11.5 Å².